The van der Waals surface area contributed by atoms with E-state index in [1.807, 2.05) is 32.0 Å². The average Bonchev–Trinajstić information content (AvgIpc) is 3.04. The molecule has 1 aromatic heterocycles. The summed E-state index contributed by atoms with van der Waals surface area (Å²) in [6.45, 7) is 3.84. The molecule has 1 heterocycles. The van der Waals surface area contributed by atoms with E-state index in [2.05, 4.69) is 10.1 Å². The first-order valence-corrected chi connectivity index (χ1v) is 7.74. The molecule has 0 saturated carbocycles. The Bertz CT molecular complexity index is 889. The van der Waals surface area contributed by atoms with Gasteiger partial charge in [-0.2, -0.15) is 4.98 Å². The molecule has 6 heteroatoms. The van der Waals surface area contributed by atoms with Crippen molar-refractivity contribution in [3.63, 3.8) is 0 Å². The zero-order valence-electron chi connectivity index (χ0n) is 13.2. The van der Waals surface area contributed by atoms with E-state index in [0.29, 0.717) is 22.0 Å². The number of ether oxygens (including phenoxy) is 1. The van der Waals surface area contributed by atoms with Crippen LogP contribution in [-0.2, 0) is 11.3 Å². The summed E-state index contributed by atoms with van der Waals surface area (Å²) in [5.41, 5.74) is 3.30. The zero-order valence-corrected chi connectivity index (χ0v) is 14.0. The largest absolute Gasteiger partial charge is 0.452 e. The molecular weight excluding hydrogens is 328 g/mol. The Morgan fingerprint density at radius 1 is 1.17 bits per heavy atom. The number of benzene rings is 2. The summed E-state index contributed by atoms with van der Waals surface area (Å²) >= 11 is 6.10. The standard InChI is InChI=1S/C18H15ClN2O3/c1-11-7-8-13(9-12(11)2)18(22)23-10-16-20-17(21-24-16)14-5-3-4-6-15(14)19/h3-9H,10H2,1-2H3. The van der Waals surface area contributed by atoms with Crippen LogP contribution >= 0.6 is 11.6 Å². The highest BCUT2D eigenvalue weighted by Crippen LogP contribution is 2.25. The zero-order chi connectivity index (χ0) is 17.1. The fourth-order valence-corrected chi connectivity index (χ4v) is 2.36. The second-order valence-electron chi connectivity index (χ2n) is 5.37. The first kappa shape index (κ1) is 16.2. The van der Waals surface area contributed by atoms with Gasteiger partial charge in [-0.15, -0.1) is 0 Å². The molecule has 0 saturated heterocycles. The topological polar surface area (TPSA) is 65.2 Å². The molecule has 0 atom stereocenters. The van der Waals surface area contributed by atoms with Crippen LogP contribution < -0.4 is 0 Å². The normalized spacial score (nSPS) is 10.6. The Balaban J connectivity index is 1.68. The number of halogens is 1. The molecule has 0 amide bonds. The molecule has 0 aliphatic carbocycles. The van der Waals surface area contributed by atoms with Gasteiger partial charge in [0.1, 0.15) is 0 Å². The number of aryl methyl sites for hydroxylation is 2. The Kier molecular flexibility index (Phi) is 4.62. The van der Waals surface area contributed by atoms with Crippen molar-refractivity contribution < 1.29 is 14.1 Å². The van der Waals surface area contributed by atoms with Gasteiger partial charge >= 0.3 is 5.97 Å². The highest BCUT2D eigenvalue weighted by atomic mass is 35.5. The number of hydrogen-bond donors (Lipinski definition) is 0. The maximum atomic E-state index is 12.1. The maximum absolute atomic E-state index is 12.1. The molecule has 2 aromatic carbocycles. The van der Waals surface area contributed by atoms with Gasteiger partial charge in [0.05, 0.1) is 10.6 Å². The van der Waals surface area contributed by atoms with E-state index in [1.165, 1.54) is 0 Å². The summed E-state index contributed by atoms with van der Waals surface area (Å²) in [6, 6.07) is 12.6. The summed E-state index contributed by atoms with van der Waals surface area (Å²) in [6.07, 6.45) is 0. The van der Waals surface area contributed by atoms with Crippen LogP contribution in [0.4, 0.5) is 0 Å². The highest BCUT2D eigenvalue weighted by Gasteiger charge is 2.14. The average molecular weight is 343 g/mol. The molecule has 0 N–H and O–H groups in total. The van der Waals surface area contributed by atoms with Crippen LogP contribution in [0.1, 0.15) is 27.4 Å². The van der Waals surface area contributed by atoms with E-state index in [-0.39, 0.29) is 12.5 Å². The van der Waals surface area contributed by atoms with Gasteiger partial charge in [0.15, 0.2) is 6.61 Å². The molecule has 24 heavy (non-hydrogen) atoms. The maximum Gasteiger partial charge on any atom is 0.338 e. The molecule has 0 unspecified atom stereocenters. The summed E-state index contributed by atoms with van der Waals surface area (Å²) in [5.74, 6) is 0.135. The van der Waals surface area contributed by atoms with Gasteiger partial charge in [0.2, 0.25) is 5.82 Å². The second-order valence-corrected chi connectivity index (χ2v) is 5.77. The van der Waals surface area contributed by atoms with Crippen molar-refractivity contribution >= 4 is 17.6 Å². The Morgan fingerprint density at radius 3 is 2.71 bits per heavy atom. The third-order valence-electron chi connectivity index (χ3n) is 3.65. The minimum atomic E-state index is -0.435. The van der Waals surface area contributed by atoms with E-state index in [1.54, 1.807) is 24.3 Å². The first-order valence-electron chi connectivity index (χ1n) is 7.36. The minimum Gasteiger partial charge on any atom is -0.452 e. The van der Waals surface area contributed by atoms with Gasteiger partial charge in [-0.05, 0) is 49.2 Å². The van der Waals surface area contributed by atoms with Crippen LogP contribution in [0, 0.1) is 13.8 Å². The van der Waals surface area contributed by atoms with Crippen LogP contribution in [0.3, 0.4) is 0 Å². The van der Waals surface area contributed by atoms with Crippen LogP contribution in [0.2, 0.25) is 5.02 Å². The first-order chi connectivity index (χ1) is 11.5. The number of rotatable bonds is 4. The Labute approximate surface area is 144 Å². The van der Waals surface area contributed by atoms with Crippen LogP contribution in [0.25, 0.3) is 11.4 Å². The smallest absolute Gasteiger partial charge is 0.338 e. The molecule has 0 aliphatic rings. The molecule has 0 spiro atoms. The van der Waals surface area contributed by atoms with Crippen molar-refractivity contribution in [3.05, 3.63) is 70.1 Å². The van der Waals surface area contributed by atoms with Crippen LogP contribution in [0.15, 0.2) is 47.0 Å². The Hall–Kier alpha value is -2.66. The lowest BCUT2D eigenvalue weighted by Crippen LogP contribution is -2.06. The summed E-state index contributed by atoms with van der Waals surface area (Å²) in [7, 11) is 0. The molecule has 0 fully saturated rings. The Morgan fingerprint density at radius 2 is 1.96 bits per heavy atom. The van der Waals surface area contributed by atoms with E-state index >= 15 is 0 Å². The second kappa shape index (κ2) is 6.84. The molecule has 0 aliphatic heterocycles. The third-order valence-corrected chi connectivity index (χ3v) is 3.98. The van der Waals surface area contributed by atoms with Crippen molar-refractivity contribution in [1.29, 1.82) is 0 Å². The monoisotopic (exact) mass is 342 g/mol. The van der Waals surface area contributed by atoms with Crippen LogP contribution in [-0.4, -0.2) is 16.1 Å². The number of nitrogens with zero attached hydrogens (tertiary/aromatic N) is 2. The summed E-state index contributed by atoms with van der Waals surface area (Å²) in [5, 5.41) is 4.39. The van der Waals surface area contributed by atoms with Gasteiger partial charge in [-0.1, -0.05) is 35.0 Å². The van der Waals surface area contributed by atoms with E-state index < -0.39 is 5.97 Å². The number of hydrogen-bond acceptors (Lipinski definition) is 5. The third kappa shape index (κ3) is 3.46. The molecular formula is C18H15ClN2O3. The van der Waals surface area contributed by atoms with E-state index in [0.717, 1.165) is 11.1 Å². The lowest BCUT2D eigenvalue weighted by molar-refractivity contribution is 0.0429. The quantitative estimate of drug-likeness (QED) is 0.659. The molecule has 122 valence electrons. The summed E-state index contributed by atoms with van der Waals surface area (Å²) in [4.78, 5) is 16.3. The molecule has 5 nitrogen and oxygen atoms in total. The number of aromatic nitrogens is 2. The van der Waals surface area contributed by atoms with Crippen molar-refractivity contribution in [2.45, 2.75) is 20.5 Å². The number of carbonyl (C=O) groups excluding carboxylic acids is 1. The number of carbonyl (C=O) groups is 1. The van der Waals surface area contributed by atoms with Gasteiger partial charge in [-0.25, -0.2) is 4.79 Å². The fourth-order valence-electron chi connectivity index (χ4n) is 2.14. The number of esters is 1. The predicted octanol–water partition coefficient (Wildman–Crippen LogP) is 4.36. The van der Waals surface area contributed by atoms with Crippen molar-refractivity contribution in [1.82, 2.24) is 10.1 Å². The van der Waals surface area contributed by atoms with Crippen molar-refractivity contribution in [3.8, 4) is 11.4 Å². The summed E-state index contributed by atoms with van der Waals surface area (Å²) < 4.78 is 10.3. The van der Waals surface area contributed by atoms with Crippen molar-refractivity contribution in [2.24, 2.45) is 0 Å². The SMILES string of the molecule is Cc1ccc(C(=O)OCc2nc(-c3ccccc3Cl)no2)cc1C. The lowest BCUT2D eigenvalue weighted by atomic mass is 10.1. The molecule has 0 bridgehead atoms. The fraction of sp³-hybridized carbons (Fsp3) is 0.167. The van der Waals surface area contributed by atoms with E-state index in [4.69, 9.17) is 20.9 Å². The predicted molar refractivity (Wildman–Crippen MR) is 89.8 cm³/mol. The lowest BCUT2D eigenvalue weighted by Gasteiger charge is -2.04. The highest BCUT2D eigenvalue weighted by molar-refractivity contribution is 6.33. The molecule has 0 radical (unpaired) electrons. The van der Waals surface area contributed by atoms with Crippen LogP contribution in [0.5, 0.6) is 0 Å². The van der Waals surface area contributed by atoms with E-state index in [9.17, 15) is 4.79 Å². The van der Waals surface area contributed by atoms with Gasteiger partial charge in [0, 0.05) is 5.56 Å². The minimum absolute atomic E-state index is 0.0940. The van der Waals surface area contributed by atoms with Gasteiger partial charge in [-0.3, -0.25) is 0 Å². The van der Waals surface area contributed by atoms with Crippen molar-refractivity contribution in [2.75, 3.05) is 0 Å². The molecule has 3 rings (SSSR count). The van der Waals surface area contributed by atoms with Gasteiger partial charge in [0.25, 0.3) is 5.89 Å². The van der Waals surface area contributed by atoms with Gasteiger partial charge < -0.3 is 9.26 Å². The molecule has 3 aromatic rings.